The van der Waals surface area contributed by atoms with Gasteiger partial charge < -0.3 is 4.42 Å². The molecule has 3 aromatic carbocycles. The Morgan fingerprint density at radius 2 is 1.58 bits per heavy atom. The zero-order valence-corrected chi connectivity index (χ0v) is 19.0. The molecule has 0 unspecified atom stereocenters. The summed E-state index contributed by atoms with van der Waals surface area (Å²) in [5.41, 5.74) is 1.02. The van der Waals surface area contributed by atoms with Gasteiger partial charge in [-0.05, 0) is 54.1 Å². The lowest BCUT2D eigenvalue weighted by Crippen LogP contribution is -2.30. The van der Waals surface area contributed by atoms with Crippen LogP contribution in [0.4, 0.5) is 10.1 Å². The SMILES string of the molecule is O=S(=O)(c1ccc(Cl)cc1)N(Cc1ccccc1)Cc1ccc(C=Nc2ccccc2F)o1. The molecule has 1 aromatic heterocycles. The minimum absolute atomic E-state index is 0.00733. The topological polar surface area (TPSA) is 62.9 Å². The van der Waals surface area contributed by atoms with E-state index in [0.717, 1.165) is 5.56 Å². The van der Waals surface area contributed by atoms with Gasteiger partial charge in [-0.1, -0.05) is 54.1 Å². The maximum Gasteiger partial charge on any atom is 0.243 e. The van der Waals surface area contributed by atoms with Crippen molar-refractivity contribution in [3.8, 4) is 0 Å². The summed E-state index contributed by atoms with van der Waals surface area (Å²) in [6, 6.07) is 24.8. The van der Waals surface area contributed by atoms with Gasteiger partial charge in [-0.2, -0.15) is 4.31 Å². The van der Waals surface area contributed by atoms with Crippen LogP contribution in [-0.2, 0) is 23.1 Å². The van der Waals surface area contributed by atoms with Gasteiger partial charge in [0.05, 0.1) is 23.3 Å². The van der Waals surface area contributed by atoms with E-state index in [-0.39, 0.29) is 23.7 Å². The molecule has 8 heteroatoms. The molecule has 5 nitrogen and oxygen atoms in total. The van der Waals surface area contributed by atoms with Gasteiger partial charge >= 0.3 is 0 Å². The highest BCUT2D eigenvalue weighted by molar-refractivity contribution is 7.89. The predicted octanol–water partition coefficient (Wildman–Crippen LogP) is 6.21. The molecule has 0 radical (unpaired) electrons. The molecule has 0 fully saturated rings. The summed E-state index contributed by atoms with van der Waals surface area (Å²) >= 11 is 5.93. The van der Waals surface area contributed by atoms with Gasteiger partial charge in [0.15, 0.2) is 0 Å². The fraction of sp³-hybridized carbons (Fsp3) is 0.0800. The van der Waals surface area contributed by atoms with Crippen molar-refractivity contribution in [2.75, 3.05) is 0 Å². The second-order valence-corrected chi connectivity index (χ2v) is 9.60. The first-order valence-electron chi connectivity index (χ1n) is 10.1. The van der Waals surface area contributed by atoms with Crippen LogP contribution in [0.15, 0.2) is 105 Å². The van der Waals surface area contributed by atoms with Crippen LogP contribution in [0.3, 0.4) is 0 Å². The molecule has 0 atom stereocenters. The third-order valence-corrected chi connectivity index (χ3v) is 6.91. The van der Waals surface area contributed by atoms with Crippen LogP contribution in [0, 0.1) is 5.82 Å². The van der Waals surface area contributed by atoms with Crippen LogP contribution in [0.25, 0.3) is 0 Å². The molecule has 4 rings (SSSR count). The van der Waals surface area contributed by atoms with Crippen molar-refractivity contribution in [1.82, 2.24) is 4.31 Å². The van der Waals surface area contributed by atoms with Crippen molar-refractivity contribution < 1.29 is 17.2 Å². The highest BCUT2D eigenvalue weighted by Crippen LogP contribution is 2.24. The molecular weight excluding hydrogens is 463 g/mol. The molecule has 0 amide bonds. The maximum atomic E-state index is 13.8. The Morgan fingerprint density at radius 3 is 2.30 bits per heavy atom. The Labute approximate surface area is 196 Å². The van der Waals surface area contributed by atoms with E-state index in [1.54, 1.807) is 42.5 Å². The Hall–Kier alpha value is -3.26. The Bertz CT molecular complexity index is 1350. The molecule has 0 aliphatic heterocycles. The second kappa shape index (κ2) is 10.1. The second-order valence-electron chi connectivity index (χ2n) is 7.23. The summed E-state index contributed by atoms with van der Waals surface area (Å²) in [5, 5.41) is 0.452. The minimum Gasteiger partial charge on any atom is -0.459 e. The molecule has 0 spiro atoms. The van der Waals surface area contributed by atoms with Crippen molar-refractivity contribution in [3.05, 3.63) is 119 Å². The number of rotatable bonds is 8. The standard InChI is InChI=1S/C25H20ClFN2O3S/c26-20-10-14-23(15-11-20)33(30,31)29(17-19-6-2-1-3-7-19)18-22-13-12-21(32-22)16-28-25-9-5-4-8-24(25)27/h1-16H,17-18H2. The normalized spacial score (nSPS) is 12.0. The number of halogens is 2. The third kappa shape index (κ3) is 5.76. The van der Waals surface area contributed by atoms with Gasteiger partial charge in [0, 0.05) is 11.6 Å². The largest absolute Gasteiger partial charge is 0.459 e. The van der Waals surface area contributed by atoms with Gasteiger partial charge in [0.25, 0.3) is 0 Å². The van der Waals surface area contributed by atoms with Gasteiger partial charge in [-0.25, -0.2) is 17.8 Å². The summed E-state index contributed by atoms with van der Waals surface area (Å²) in [6.45, 7) is 0.165. The first-order valence-corrected chi connectivity index (χ1v) is 11.9. The first-order chi connectivity index (χ1) is 15.9. The number of benzene rings is 3. The molecule has 4 aromatic rings. The van der Waals surface area contributed by atoms with Gasteiger partial charge in [-0.15, -0.1) is 0 Å². The average molecular weight is 483 g/mol. The molecule has 0 aliphatic rings. The van der Waals surface area contributed by atoms with Crippen LogP contribution in [-0.4, -0.2) is 18.9 Å². The fourth-order valence-corrected chi connectivity index (χ4v) is 4.70. The lowest BCUT2D eigenvalue weighted by Gasteiger charge is -2.21. The third-order valence-electron chi connectivity index (χ3n) is 4.85. The highest BCUT2D eigenvalue weighted by atomic mass is 35.5. The molecule has 0 N–H and O–H groups in total. The Kier molecular flexibility index (Phi) is 7.03. The number of nitrogens with zero attached hydrogens (tertiary/aromatic N) is 2. The van der Waals surface area contributed by atoms with Crippen LogP contribution in [0.1, 0.15) is 17.1 Å². The highest BCUT2D eigenvalue weighted by Gasteiger charge is 2.26. The van der Waals surface area contributed by atoms with E-state index in [0.29, 0.717) is 16.5 Å². The summed E-state index contributed by atoms with van der Waals surface area (Å²) in [6.07, 6.45) is 1.40. The van der Waals surface area contributed by atoms with Crippen molar-refractivity contribution in [2.24, 2.45) is 4.99 Å². The smallest absolute Gasteiger partial charge is 0.243 e. The molecule has 0 bridgehead atoms. The number of furan rings is 1. The van der Waals surface area contributed by atoms with E-state index >= 15 is 0 Å². The average Bonchev–Trinajstić information content (AvgIpc) is 3.26. The summed E-state index contributed by atoms with van der Waals surface area (Å²) in [4.78, 5) is 4.24. The lowest BCUT2D eigenvalue weighted by molar-refractivity contribution is 0.357. The number of para-hydroxylation sites is 1. The lowest BCUT2D eigenvalue weighted by atomic mass is 10.2. The summed E-state index contributed by atoms with van der Waals surface area (Å²) in [5.74, 6) is 0.374. The molecule has 0 saturated heterocycles. The number of aliphatic imine (C=N–C) groups is 1. The molecule has 33 heavy (non-hydrogen) atoms. The molecule has 1 heterocycles. The van der Waals surface area contributed by atoms with E-state index in [1.165, 1.54) is 28.7 Å². The van der Waals surface area contributed by atoms with Crippen LogP contribution < -0.4 is 0 Å². The monoisotopic (exact) mass is 482 g/mol. The van der Waals surface area contributed by atoms with E-state index < -0.39 is 15.8 Å². The van der Waals surface area contributed by atoms with Crippen LogP contribution in [0.5, 0.6) is 0 Å². The minimum atomic E-state index is -3.83. The van der Waals surface area contributed by atoms with Crippen LogP contribution >= 0.6 is 11.6 Å². The first kappa shape index (κ1) is 22.9. The number of sulfonamides is 1. The number of hydrogen-bond acceptors (Lipinski definition) is 4. The van der Waals surface area contributed by atoms with E-state index in [2.05, 4.69) is 4.99 Å². The van der Waals surface area contributed by atoms with E-state index in [4.69, 9.17) is 16.0 Å². The van der Waals surface area contributed by atoms with Crippen molar-refractivity contribution >= 4 is 33.5 Å². The van der Waals surface area contributed by atoms with E-state index in [9.17, 15) is 12.8 Å². The molecule has 0 aliphatic carbocycles. The molecular formula is C25H20ClFN2O3S. The van der Waals surface area contributed by atoms with Gasteiger partial charge in [-0.3, -0.25) is 0 Å². The summed E-state index contributed by atoms with van der Waals surface area (Å²) < 4.78 is 47.6. The van der Waals surface area contributed by atoms with Crippen LogP contribution in [0.2, 0.25) is 5.02 Å². The zero-order valence-electron chi connectivity index (χ0n) is 17.4. The number of hydrogen-bond donors (Lipinski definition) is 0. The Balaban J connectivity index is 1.59. The van der Waals surface area contributed by atoms with Crippen molar-refractivity contribution in [1.29, 1.82) is 0 Å². The predicted molar refractivity (Wildman–Crippen MR) is 127 cm³/mol. The van der Waals surface area contributed by atoms with E-state index in [1.807, 2.05) is 30.3 Å². The molecule has 168 valence electrons. The van der Waals surface area contributed by atoms with Gasteiger partial charge in [0.2, 0.25) is 10.0 Å². The maximum absolute atomic E-state index is 13.8. The molecule has 0 saturated carbocycles. The van der Waals surface area contributed by atoms with Crippen molar-refractivity contribution in [3.63, 3.8) is 0 Å². The van der Waals surface area contributed by atoms with Gasteiger partial charge in [0.1, 0.15) is 17.3 Å². The zero-order chi connectivity index (χ0) is 23.3. The quantitative estimate of drug-likeness (QED) is 0.280. The Morgan fingerprint density at radius 1 is 0.879 bits per heavy atom. The summed E-state index contributed by atoms with van der Waals surface area (Å²) in [7, 11) is -3.83. The fourth-order valence-electron chi connectivity index (χ4n) is 3.18. The van der Waals surface area contributed by atoms with Crippen molar-refractivity contribution in [2.45, 2.75) is 18.0 Å².